The second-order valence-electron chi connectivity index (χ2n) is 6.77. The number of rotatable bonds is 4. The predicted octanol–water partition coefficient (Wildman–Crippen LogP) is 2.14. The van der Waals surface area contributed by atoms with E-state index in [-0.39, 0.29) is 5.91 Å². The van der Waals surface area contributed by atoms with Crippen LogP contribution in [0.25, 0.3) is 17.1 Å². The molecule has 1 amide bonds. The fraction of sp³-hybridized carbons (Fsp3) is 0.200. The first-order valence-electron chi connectivity index (χ1n) is 9.53. The minimum absolute atomic E-state index is 0.00260. The van der Waals surface area contributed by atoms with Gasteiger partial charge in [0.2, 0.25) is 0 Å². The standard InChI is InChI=1S/C20H18N8OS/c29-20(18-16(7-13-30-18)28-14-22-24-25-28)27-11-9-26(10-12-27)17-6-8-21-19(23-17)15-4-2-1-3-5-15/h1-8,13-14H,9-12H2. The third-order valence-electron chi connectivity index (χ3n) is 5.00. The summed E-state index contributed by atoms with van der Waals surface area (Å²) in [5.74, 6) is 1.58. The fourth-order valence-electron chi connectivity index (χ4n) is 3.45. The molecule has 9 nitrogen and oxygen atoms in total. The Morgan fingerprint density at radius 1 is 1.00 bits per heavy atom. The maximum absolute atomic E-state index is 13.1. The highest BCUT2D eigenvalue weighted by Crippen LogP contribution is 2.24. The topological polar surface area (TPSA) is 92.9 Å². The molecule has 0 atom stereocenters. The summed E-state index contributed by atoms with van der Waals surface area (Å²) >= 11 is 1.40. The average Bonchev–Trinajstić information content (AvgIpc) is 3.51. The van der Waals surface area contributed by atoms with Crippen molar-refractivity contribution in [1.82, 2.24) is 35.1 Å². The molecule has 5 rings (SSSR count). The maximum Gasteiger partial charge on any atom is 0.266 e. The van der Waals surface area contributed by atoms with Crippen LogP contribution in [0.5, 0.6) is 0 Å². The second kappa shape index (κ2) is 7.99. The van der Waals surface area contributed by atoms with Gasteiger partial charge in [0.25, 0.3) is 5.91 Å². The van der Waals surface area contributed by atoms with Gasteiger partial charge in [-0.05, 0) is 27.9 Å². The van der Waals surface area contributed by atoms with Gasteiger partial charge in [0.1, 0.15) is 17.0 Å². The van der Waals surface area contributed by atoms with Crippen LogP contribution in [0, 0.1) is 0 Å². The number of nitrogens with zero attached hydrogens (tertiary/aromatic N) is 8. The lowest BCUT2D eigenvalue weighted by atomic mass is 10.2. The van der Waals surface area contributed by atoms with Gasteiger partial charge in [-0.25, -0.2) is 9.97 Å². The van der Waals surface area contributed by atoms with E-state index in [9.17, 15) is 4.79 Å². The summed E-state index contributed by atoms with van der Waals surface area (Å²) in [6.07, 6.45) is 3.28. The Kier molecular flexibility index (Phi) is 4.89. The van der Waals surface area contributed by atoms with Crippen LogP contribution in [0.3, 0.4) is 0 Å². The molecule has 0 unspecified atom stereocenters. The normalized spacial score (nSPS) is 14.1. The molecule has 0 N–H and O–H groups in total. The highest BCUT2D eigenvalue weighted by Gasteiger charge is 2.26. The summed E-state index contributed by atoms with van der Waals surface area (Å²) in [6.45, 7) is 2.66. The molecule has 0 aliphatic carbocycles. The molecule has 0 radical (unpaired) electrons. The number of thiophene rings is 1. The number of hydrogen-bond acceptors (Lipinski definition) is 8. The van der Waals surface area contributed by atoms with E-state index in [0.29, 0.717) is 42.6 Å². The minimum atomic E-state index is 0.00260. The summed E-state index contributed by atoms with van der Waals surface area (Å²) in [7, 11) is 0. The number of anilines is 1. The van der Waals surface area contributed by atoms with E-state index >= 15 is 0 Å². The molecule has 1 fully saturated rings. The van der Waals surface area contributed by atoms with Crippen LogP contribution in [0.2, 0.25) is 0 Å². The van der Waals surface area contributed by atoms with E-state index in [4.69, 9.17) is 4.98 Å². The van der Waals surface area contributed by atoms with E-state index < -0.39 is 0 Å². The fourth-order valence-corrected chi connectivity index (χ4v) is 4.29. The molecular formula is C20H18N8OS. The van der Waals surface area contributed by atoms with Gasteiger partial charge >= 0.3 is 0 Å². The van der Waals surface area contributed by atoms with E-state index in [1.54, 1.807) is 6.20 Å². The molecule has 150 valence electrons. The zero-order valence-corrected chi connectivity index (χ0v) is 16.8. The van der Waals surface area contributed by atoms with E-state index in [1.807, 2.05) is 52.7 Å². The number of benzene rings is 1. The van der Waals surface area contributed by atoms with Crippen molar-refractivity contribution in [2.45, 2.75) is 0 Å². The van der Waals surface area contributed by atoms with Crippen molar-refractivity contribution in [3.8, 4) is 17.1 Å². The van der Waals surface area contributed by atoms with Crippen LogP contribution in [-0.2, 0) is 0 Å². The van der Waals surface area contributed by atoms with Gasteiger partial charge in [-0.3, -0.25) is 4.79 Å². The SMILES string of the molecule is O=C(c1sccc1-n1cnnn1)N1CCN(c2ccnc(-c3ccccc3)n2)CC1. The molecule has 10 heteroatoms. The van der Waals surface area contributed by atoms with Crippen LogP contribution in [0.15, 0.2) is 60.4 Å². The molecule has 3 aromatic heterocycles. The Labute approximate surface area is 176 Å². The molecule has 1 aliphatic heterocycles. The number of amides is 1. The smallest absolute Gasteiger partial charge is 0.266 e. The lowest BCUT2D eigenvalue weighted by Gasteiger charge is -2.35. The van der Waals surface area contributed by atoms with Gasteiger partial charge in [-0.2, -0.15) is 4.68 Å². The largest absolute Gasteiger partial charge is 0.353 e. The molecule has 0 bridgehead atoms. The molecule has 1 saturated heterocycles. The van der Waals surface area contributed by atoms with Crippen molar-refractivity contribution in [3.05, 3.63) is 65.2 Å². The third-order valence-corrected chi connectivity index (χ3v) is 5.89. The second-order valence-corrected chi connectivity index (χ2v) is 7.69. The number of aromatic nitrogens is 6. The third kappa shape index (κ3) is 3.52. The van der Waals surface area contributed by atoms with Gasteiger partial charge < -0.3 is 9.80 Å². The molecule has 1 aromatic carbocycles. The van der Waals surface area contributed by atoms with Gasteiger partial charge in [0.15, 0.2) is 5.82 Å². The monoisotopic (exact) mass is 418 g/mol. The molecule has 4 aromatic rings. The Bertz CT molecular complexity index is 1140. The molecule has 0 spiro atoms. The number of piperazine rings is 1. The Morgan fingerprint density at radius 2 is 1.83 bits per heavy atom. The van der Waals surface area contributed by atoms with Crippen LogP contribution >= 0.6 is 11.3 Å². The quantitative estimate of drug-likeness (QED) is 0.501. The Hall–Kier alpha value is -3.66. The number of tetrazole rings is 1. The van der Waals surface area contributed by atoms with Crippen LogP contribution < -0.4 is 4.90 Å². The summed E-state index contributed by atoms with van der Waals surface area (Å²) in [5.41, 5.74) is 1.70. The molecule has 0 saturated carbocycles. The molecule has 4 heterocycles. The highest BCUT2D eigenvalue weighted by atomic mass is 32.1. The highest BCUT2D eigenvalue weighted by molar-refractivity contribution is 7.12. The number of carbonyl (C=O) groups excluding carboxylic acids is 1. The number of carbonyl (C=O) groups is 1. The van der Waals surface area contributed by atoms with Crippen LogP contribution in [0.4, 0.5) is 5.82 Å². The van der Waals surface area contributed by atoms with Crippen molar-refractivity contribution in [3.63, 3.8) is 0 Å². The summed E-state index contributed by atoms with van der Waals surface area (Å²) in [4.78, 5) is 26.9. The lowest BCUT2D eigenvalue weighted by molar-refractivity contribution is 0.0751. The first kappa shape index (κ1) is 18.4. The van der Waals surface area contributed by atoms with Gasteiger partial charge in [-0.15, -0.1) is 16.4 Å². The van der Waals surface area contributed by atoms with Gasteiger partial charge in [0, 0.05) is 37.9 Å². The summed E-state index contributed by atoms with van der Waals surface area (Å²) in [6, 6.07) is 13.7. The first-order chi connectivity index (χ1) is 14.8. The Balaban J connectivity index is 1.28. The molecular weight excluding hydrogens is 400 g/mol. The number of hydrogen-bond donors (Lipinski definition) is 0. The van der Waals surface area contributed by atoms with E-state index in [1.165, 1.54) is 22.3 Å². The molecule has 30 heavy (non-hydrogen) atoms. The van der Waals surface area contributed by atoms with Gasteiger partial charge in [-0.1, -0.05) is 30.3 Å². The van der Waals surface area contributed by atoms with Crippen LogP contribution in [-0.4, -0.2) is 67.2 Å². The Morgan fingerprint density at radius 3 is 2.60 bits per heavy atom. The molecule has 1 aliphatic rings. The zero-order valence-electron chi connectivity index (χ0n) is 16.0. The summed E-state index contributed by atoms with van der Waals surface area (Å²) in [5, 5.41) is 13.1. The minimum Gasteiger partial charge on any atom is -0.353 e. The predicted molar refractivity (Wildman–Crippen MR) is 113 cm³/mol. The summed E-state index contributed by atoms with van der Waals surface area (Å²) < 4.78 is 1.52. The first-order valence-corrected chi connectivity index (χ1v) is 10.4. The van der Waals surface area contributed by atoms with Crippen LogP contribution in [0.1, 0.15) is 9.67 Å². The lowest BCUT2D eigenvalue weighted by Crippen LogP contribution is -2.49. The van der Waals surface area contributed by atoms with Crippen molar-refractivity contribution in [2.75, 3.05) is 31.1 Å². The maximum atomic E-state index is 13.1. The zero-order chi connectivity index (χ0) is 20.3. The van der Waals surface area contributed by atoms with Crippen molar-refractivity contribution < 1.29 is 4.79 Å². The van der Waals surface area contributed by atoms with E-state index in [0.717, 1.165) is 11.4 Å². The van der Waals surface area contributed by atoms with Crippen molar-refractivity contribution in [1.29, 1.82) is 0 Å². The van der Waals surface area contributed by atoms with Gasteiger partial charge in [0.05, 0.1) is 5.69 Å². The average molecular weight is 418 g/mol. The van der Waals surface area contributed by atoms with Crippen molar-refractivity contribution >= 4 is 23.1 Å². The van der Waals surface area contributed by atoms with Crippen molar-refractivity contribution in [2.24, 2.45) is 0 Å². The van der Waals surface area contributed by atoms with E-state index in [2.05, 4.69) is 25.4 Å².